The van der Waals surface area contributed by atoms with Gasteiger partial charge in [-0.25, -0.2) is 8.42 Å². The van der Waals surface area contributed by atoms with E-state index in [1.807, 2.05) is 25.1 Å². The van der Waals surface area contributed by atoms with Crippen LogP contribution in [0.25, 0.3) is 0 Å². The Morgan fingerprint density at radius 1 is 0.917 bits per heavy atom. The number of aromatic hydroxyl groups is 1. The van der Waals surface area contributed by atoms with Gasteiger partial charge >= 0.3 is 0 Å². The van der Waals surface area contributed by atoms with Gasteiger partial charge in [-0.2, -0.15) is 0 Å². The number of hydrogen-bond donors (Lipinski definition) is 1. The number of fused-ring (bicyclic) bond motifs is 1. The van der Waals surface area contributed by atoms with Gasteiger partial charge in [-0.05, 0) is 60.4 Å². The molecule has 36 heavy (non-hydrogen) atoms. The molecule has 0 aliphatic carbocycles. The number of sulfonamides is 1. The van der Waals surface area contributed by atoms with Crippen molar-refractivity contribution in [1.82, 2.24) is 0 Å². The summed E-state index contributed by atoms with van der Waals surface area (Å²) in [5, 5.41) is 12.6. The minimum atomic E-state index is -3.79. The maximum atomic E-state index is 13.7. The van der Waals surface area contributed by atoms with Crippen molar-refractivity contribution in [2.24, 2.45) is 0 Å². The first-order valence-electron chi connectivity index (χ1n) is 13.6. The monoisotopic (exact) mass is 541 g/mol. The largest absolute Gasteiger partial charge is 0.506 e. The van der Waals surface area contributed by atoms with Crippen molar-refractivity contribution in [2.75, 3.05) is 10.8 Å². The average Bonchev–Trinajstić information content (AvgIpc) is 3.35. The maximum Gasteiger partial charge on any atom is 0.264 e. The van der Waals surface area contributed by atoms with E-state index in [9.17, 15) is 13.5 Å². The van der Waals surface area contributed by atoms with Crippen LogP contribution in [-0.2, 0) is 16.4 Å². The number of anilines is 1. The molecule has 0 aromatic heterocycles. The summed E-state index contributed by atoms with van der Waals surface area (Å²) in [7, 11) is -7.39. The second kappa shape index (κ2) is 11.2. The topological polar surface area (TPSA) is 57.6 Å². The first kappa shape index (κ1) is 28.6. The van der Waals surface area contributed by atoms with Gasteiger partial charge < -0.3 is 5.11 Å². The third kappa shape index (κ3) is 4.92. The number of aryl methyl sites for hydroxylation is 1. The van der Waals surface area contributed by atoms with Gasteiger partial charge in [0.1, 0.15) is 13.8 Å². The fourth-order valence-electron chi connectivity index (χ4n) is 5.73. The van der Waals surface area contributed by atoms with Crippen LogP contribution in [0.2, 0.25) is 36.3 Å². The minimum absolute atomic E-state index is 0.0796. The van der Waals surface area contributed by atoms with E-state index in [2.05, 4.69) is 53.0 Å². The van der Waals surface area contributed by atoms with Gasteiger partial charge in [-0.15, -0.1) is 5.54 Å². The summed E-state index contributed by atoms with van der Waals surface area (Å²) >= 11 is 0. The lowest BCUT2D eigenvalue weighted by atomic mass is 10.0. The molecular weight excluding hydrogens is 499 g/mol. The second-order valence-corrected chi connectivity index (χ2v) is 22.2. The first-order chi connectivity index (χ1) is 17.1. The van der Waals surface area contributed by atoms with E-state index in [0.717, 1.165) is 53.0 Å². The van der Waals surface area contributed by atoms with Crippen LogP contribution in [0.3, 0.4) is 0 Å². The Kier molecular flexibility index (Phi) is 8.85. The summed E-state index contributed by atoms with van der Waals surface area (Å²) in [4.78, 5) is 0.255. The number of phenolic OH excluding ortho intramolecular Hbond substituents is 1. The third-order valence-corrected chi connectivity index (χ3v) is 21.0. The van der Waals surface area contributed by atoms with Crippen LogP contribution in [0, 0.1) is 18.4 Å². The van der Waals surface area contributed by atoms with E-state index in [1.54, 1.807) is 12.1 Å². The van der Waals surface area contributed by atoms with Crippen LogP contribution >= 0.6 is 0 Å². The van der Waals surface area contributed by atoms with Gasteiger partial charge in [-0.3, -0.25) is 4.31 Å². The Morgan fingerprint density at radius 3 is 1.97 bits per heavy atom. The molecule has 1 aliphatic rings. The van der Waals surface area contributed by atoms with Crippen molar-refractivity contribution in [3.8, 4) is 17.2 Å². The van der Waals surface area contributed by atoms with Gasteiger partial charge in [0.2, 0.25) is 0 Å². The Hall–Kier alpha value is -2.02. The number of rotatable bonds is 9. The summed E-state index contributed by atoms with van der Waals surface area (Å²) in [6.45, 7) is 15.8. The summed E-state index contributed by atoms with van der Waals surface area (Å²) in [5.74, 6) is 3.76. The SMILES string of the molecule is CC[Si](C#Cc1c([Si](CC)(CC)CC)cc(O)c2c1CCN2S(=O)(=O)c1ccc(C)cc1)(CC)CC. The first-order valence-corrected chi connectivity index (χ1v) is 20.3. The fourth-order valence-corrected chi connectivity index (χ4v) is 13.5. The average molecular weight is 542 g/mol. The smallest absolute Gasteiger partial charge is 0.264 e. The van der Waals surface area contributed by atoms with Crippen LogP contribution in [0.4, 0.5) is 5.69 Å². The van der Waals surface area contributed by atoms with Crippen LogP contribution in [0.15, 0.2) is 35.2 Å². The van der Waals surface area contributed by atoms with Crippen LogP contribution < -0.4 is 9.49 Å². The normalized spacial score (nSPS) is 13.9. The lowest BCUT2D eigenvalue weighted by Gasteiger charge is -2.32. The van der Waals surface area contributed by atoms with E-state index in [0.29, 0.717) is 18.7 Å². The van der Waals surface area contributed by atoms with E-state index in [1.165, 1.54) is 9.49 Å². The van der Waals surface area contributed by atoms with E-state index in [4.69, 9.17) is 0 Å². The van der Waals surface area contributed by atoms with Crippen molar-refractivity contribution in [3.63, 3.8) is 0 Å². The molecule has 7 heteroatoms. The molecule has 4 nitrogen and oxygen atoms in total. The summed E-state index contributed by atoms with van der Waals surface area (Å²) in [6.07, 6.45) is 0.576. The van der Waals surface area contributed by atoms with Crippen molar-refractivity contribution in [1.29, 1.82) is 0 Å². The maximum absolute atomic E-state index is 13.7. The molecule has 2 aromatic rings. The molecular formula is C29H43NO3SSi2. The van der Waals surface area contributed by atoms with Crippen molar-refractivity contribution in [2.45, 2.75) is 96.0 Å². The van der Waals surface area contributed by atoms with Gasteiger partial charge in [0, 0.05) is 12.1 Å². The molecule has 0 saturated carbocycles. The van der Waals surface area contributed by atoms with Gasteiger partial charge in [0.15, 0.2) is 0 Å². The Bertz CT molecular complexity index is 1240. The van der Waals surface area contributed by atoms with Gasteiger partial charge in [0.05, 0.1) is 18.7 Å². The Morgan fingerprint density at radius 2 is 1.47 bits per heavy atom. The highest BCUT2D eigenvalue weighted by molar-refractivity contribution is 7.92. The number of nitrogens with zero attached hydrogens (tertiary/aromatic N) is 1. The standard InChI is InChI=1S/C29H43NO3SSi2/c1-8-35(9-2,10-3)21-19-25-26-18-20-30(34(32,33)24-16-14-23(7)15-17-24)29(26)27(31)22-28(25)36(11-4,12-5)13-6/h14-17,22,31H,8-13,18,20H2,1-7H3. The molecule has 1 heterocycles. The highest BCUT2D eigenvalue weighted by Crippen LogP contribution is 2.42. The Balaban J connectivity index is 2.31. The zero-order valence-corrected chi connectivity index (χ0v) is 26.0. The third-order valence-electron chi connectivity index (χ3n) is 8.89. The zero-order chi connectivity index (χ0) is 26.7. The molecule has 0 bridgehead atoms. The molecule has 0 spiro atoms. The molecule has 196 valence electrons. The molecule has 0 amide bonds. The highest BCUT2D eigenvalue weighted by atomic mass is 32.2. The van der Waals surface area contributed by atoms with Gasteiger partial charge in [-0.1, -0.05) is 83.3 Å². The van der Waals surface area contributed by atoms with Crippen LogP contribution in [0.5, 0.6) is 5.75 Å². The van der Waals surface area contributed by atoms with Crippen molar-refractivity contribution >= 4 is 37.0 Å². The highest BCUT2D eigenvalue weighted by Gasteiger charge is 2.39. The molecule has 0 saturated heterocycles. The van der Waals surface area contributed by atoms with Crippen molar-refractivity contribution in [3.05, 3.63) is 47.0 Å². The lowest BCUT2D eigenvalue weighted by Crippen LogP contribution is -2.47. The fraction of sp³-hybridized carbons (Fsp3) is 0.517. The Labute approximate surface area is 221 Å². The quantitative estimate of drug-likeness (QED) is 0.289. The summed E-state index contributed by atoms with van der Waals surface area (Å²) < 4.78 is 28.8. The molecule has 1 N–H and O–H groups in total. The number of hydrogen-bond acceptors (Lipinski definition) is 3. The molecule has 1 aliphatic heterocycles. The van der Waals surface area contributed by atoms with Gasteiger partial charge in [0.25, 0.3) is 10.0 Å². The molecule has 0 radical (unpaired) electrons. The molecule has 3 rings (SSSR count). The van der Waals surface area contributed by atoms with Crippen LogP contribution in [0.1, 0.15) is 58.2 Å². The minimum Gasteiger partial charge on any atom is -0.506 e. The molecule has 0 fully saturated rings. The van der Waals surface area contributed by atoms with E-state index < -0.39 is 26.2 Å². The predicted octanol–water partition coefficient (Wildman–Crippen LogP) is 6.57. The van der Waals surface area contributed by atoms with E-state index in [-0.39, 0.29) is 10.6 Å². The lowest BCUT2D eigenvalue weighted by molar-refractivity contribution is 0.476. The zero-order valence-electron chi connectivity index (χ0n) is 23.2. The predicted molar refractivity (Wildman–Crippen MR) is 158 cm³/mol. The summed E-state index contributed by atoms with van der Waals surface area (Å²) in [6, 6.07) is 15.4. The number of phenols is 1. The van der Waals surface area contributed by atoms with E-state index >= 15 is 0 Å². The van der Waals surface area contributed by atoms with Crippen molar-refractivity contribution < 1.29 is 13.5 Å². The summed E-state index contributed by atoms with van der Waals surface area (Å²) in [5.41, 5.74) is 7.18. The molecule has 2 aromatic carbocycles. The van der Waals surface area contributed by atoms with Crippen LogP contribution in [-0.4, -0.2) is 36.2 Å². The molecule has 0 unspecified atom stereocenters. The second-order valence-electron chi connectivity index (χ2n) is 10.2. The molecule has 0 atom stereocenters. The number of benzene rings is 2.